The Bertz CT molecular complexity index is 622. The van der Waals surface area contributed by atoms with Crippen molar-refractivity contribution in [3.8, 4) is 0 Å². The lowest BCUT2D eigenvalue weighted by atomic mass is 10.0. The molecule has 5 heteroatoms. The minimum Gasteiger partial charge on any atom is -0.335 e. The summed E-state index contributed by atoms with van der Waals surface area (Å²) >= 11 is 0. The molecule has 110 valence electrons. The number of sulfone groups is 1. The summed E-state index contributed by atoms with van der Waals surface area (Å²) in [5, 5.41) is 0. The topological polar surface area (TPSA) is 54.5 Å². The average Bonchev–Trinajstić information content (AvgIpc) is 2.73. The van der Waals surface area contributed by atoms with Crippen molar-refractivity contribution in [2.45, 2.75) is 33.2 Å². The van der Waals surface area contributed by atoms with Gasteiger partial charge in [-0.3, -0.25) is 4.79 Å². The Morgan fingerprint density at radius 3 is 2.60 bits per heavy atom. The summed E-state index contributed by atoms with van der Waals surface area (Å²) in [7, 11) is -2.98. The van der Waals surface area contributed by atoms with E-state index in [2.05, 4.69) is 0 Å². The van der Waals surface area contributed by atoms with Gasteiger partial charge in [0.15, 0.2) is 9.84 Å². The third-order valence-electron chi connectivity index (χ3n) is 3.87. The van der Waals surface area contributed by atoms with Gasteiger partial charge in [0.1, 0.15) is 0 Å². The summed E-state index contributed by atoms with van der Waals surface area (Å²) in [6.07, 6.45) is 0.548. The second kappa shape index (κ2) is 5.56. The molecule has 0 spiro atoms. The SMILES string of the molecule is CCN(C(=O)c1cc(C)ccc1C)C1CCS(=O)(=O)C1. The summed E-state index contributed by atoms with van der Waals surface area (Å²) in [5.74, 6) is 0.224. The maximum atomic E-state index is 12.7. The van der Waals surface area contributed by atoms with E-state index in [1.807, 2.05) is 39.0 Å². The zero-order valence-electron chi connectivity index (χ0n) is 12.2. The molecule has 0 N–H and O–H groups in total. The zero-order valence-corrected chi connectivity index (χ0v) is 13.0. The quantitative estimate of drug-likeness (QED) is 0.856. The normalized spacial score (nSPS) is 20.9. The summed E-state index contributed by atoms with van der Waals surface area (Å²) in [6, 6.07) is 5.60. The smallest absolute Gasteiger partial charge is 0.254 e. The number of carbonyl (C=O) groups is 1. The van der Waals surface area contributed by atoms with E-state index in [1.165, 1.54) is 0 Å². The summed E-state index contributed by atoms with van der Waals surface area (Å²) in [5.41, 5.74) is 2.64. The molecule has 0 aromatic heterocycles. The van der Waals surface area contributed by atoms with E-state index in [0.29, 0.717) is 18.5 Å². The molecule has 1 heterocycles. The maximum absolute atomic E-state index is 12.7. The highest BCUT2D eigenvalue weighted by molar-refractivity contribution is 7.91. The predicted molar refractivity (Wildman–Crippen MR) is 79.7 cm³/mol. The van der Waals surface area contributed by atoms with Crippen LogP contribution in [0.15, 0.2) is 18.2 Å². The van der Waals surface area contributed by atoms with Crippen LogP contribution in [-0.2, 0) is 9.84 Å². The molecular formula is C15H21NO3S. The maximum Gasteiger partial charge on any atom is 0.254 e. The van der Waals surface area contributed by atoms with E-state index in [-0.39, 0.29) is 23.5 Å². The van der Waals surface area contributed by atoms with E-state index in [0.717, 1.165) is 11.1 Å². The van der Waals surface area contributed by atoms with Crippen LogP contribution >= 0.6 is 0 Å². The van der Waals surface area contributed by atoms with Crippen LogP contribution in [0.4, 0.5) is 0 Å². The second-order valence-electron chi connectivity index (χ2n) is 5.47. The van der Waals surface area contributed by atoms with Crippen molar-refractivity contribution >= 4 is 15.7 Å². The first kappa shape index (κ1) is 15.0. The molecule has 1 fully saturated rings. The van der Waals surface area contributed by atoms with Crippen LogP contribution in [-0.4, -0.2) is 43.3 Å². The van der Waals surface area contributed by atoms with Crippen LogP contribution in [0.3, 0.4) is 0 Å². The second-order valence-corrected chi connectivity index (χ2v) is 7.70. The van der Waals surface area contributed by atoms with Gasteiger partial charge in [-0.2, -0.15) is 0 Å². The molecule has 1 aromatic rings. The summed E-state index contributed by atoms with van der Waals surface area (Å²) < 4.78 is 23.2. The summed E-state index contributed by atoms with van der Waals surface area (Å²) in [6.45, 7) is 6.29. The molecule has 2 rings (SSSR count). The molecule has 1 aliphatic heterocycles. The fourth-order valence-electron chi connectivity index (χ4n) is 2.71. The highest BCUT2D eigenvalue weighted by Crippen LogP contribution is 2.21. The van der Waals surface area contributed by atoms with Gasteiger partial charge in [0.05, 0.1) is 11.5 Å². The number of amides is 1. The number of hydrogen-bond acceptors (Lipinski definition) is 3. The van der Waals surface area contributed by atoms with Crippen molar-refractivity contribution < 1.29 is 13.2 Å². The molecule has 0 aliphatic carbocycles. The molecule has 0 saturated carbocycles. The number of rotatable bonds is 3. The van der Waals surface area contributed by atoms with Gasteiger partial charge in [0.25, 0.3) is 5.91 Å². The number of carbonyl (C=O) groups excluding carboxylic acids is 1. The van der Waals surface area contributed by atoms with Crippen LogP contribution in [0.2, 0.25) is 0 Å². The van der Waals surface area contributed by atoms with Crippen molar-refractivity contribution in [2.75, 3.05) is 18.1 Å². The number of benzene rings is 1. The lowest BCUT2D eigenvalue weighted by Gasteiger charge is -2.27. The van der Waals surface area contributed by atoms with Gasteiger partial charge >= 0.3 is 0 Å². The van der Waals surface area contributed by atoms with Gasteiger partial charge in [-0.1, -0.05) is 17.7 Å². The van der Waals surface area contributed by atoms with E-state index in [4.69, 9.17) is 0 Å². The first-order valence-electron chi connectivity index (χ1n) is 6.92. The molecule has 1 amide bonds. The first-order chi connectivity index (χ1) is 9.34. The Labute approximate surface area is 120 Å². The Morgan fingerprint density at radius 1 is 1.35 bits per heavy atom. The van der Waals surface area contributed by atoms with Crippen molar-refractivity contribution in [1.29, 1.82) is 0 Å². The first-order valence-corrected chi connectivity index (χ1v) is 8.75. The van der Waals surface area contributed by atoms with Crippen LogP contribution < -0.4 is 0 Å². The van der Waals surface area contributed by atoms with Crippen molar-refractivity contribution in [3.63, 3.8) is 0 Å². The molecule has 1 aliphatic rings. The van der Waals surface area contributed by atoms with Gasteiger partial charge in [-0.25, -0.2) is 8.42 Å². The Kier molecular flexibility index (Phi) is 4.18. The minimum atomic E-state index is -2.98. The van der Waals surface area contributed by atoms with E-state index < -0.39 is 9.84 Å². The van der Waals surface area contributed by atoms with Gasteiger partial charge in [-0.15, -0.1) is 0 Å². The standard InChI is InChI=1S/C15H21NO3S/c1-4-16(13-7-8-20(18,19)10-13)15(17)14-9-11(2)5-6-12(14)3/h5-6,9,13H,4,7-8,10H2,1-3H3. The van der Waals surface area contributed by atoms with Crippen LogP contribution in [0.5, 0.6) is 0 Å². The fraction of sp³-hybridized carbons (Fsp3) is 0.533. The van der Waals surface area contributed by atoms with E-state index in [9.17, 15) is 13.2 Å². The average molecular weight is 295 g/mol. The monoisotopic (exact) mass is 295 g/mol. The number of aryl methyl sites for hydroxylation is 2. The Hall–Kier alpha value is -1.36. The van der Waals surface area contributed by atoms with Gasteiger partial charge in [0.2, 0.25) is 0 Å². The third-order valence-corrected chi connectivity index (χ3v) is 5.62. The Morgan fingerprint density at radius 2 is 2.05 bits per heavy atom. The molecular weight excluding hydrogens is 274 g/mol. The number of nitrogens with zero attached hydrogens (tertiary/aromatic N) is 1. The molecule has 1 unspecified atom stereocenters. The molecule has 1 aromatic carbocycles. The highest BCUT2D eigenvalue weighted by Gasteiger charge is 2.34. The lowest BCUT2D eigenvalue weighted by Crippen LogP contribution is -2.41. The molecule has 20 heavy (non-hydrogen) atoms. The lowest BCUT2D eigenvalue weighted by molar-refractivity contribution is 0.0707. The minimum absolute atomic E-state index is 0.0594. The van der Waals surface area contributed by atoms with E-state index in [1.54, 1.807) is 4.90 Å². The van der Waals surface area contributed by atoms with Crippen molar-refractivity contribution in [3.05, 3.63) is 34.9 Å². The van der Waals surface area contributed by atoms with Gasteiger partial charge in [0, 0.05) is 18.2 Å². The third kappa shape index (κ3) is 3.03. The molecule has 4 nitrogen and oxygen atoms in total. The molecule has 0 radical (unpaired) electrons. The van der Waals surface area contributed by atoms with Crippen LogP contribution in [0.1, 0.15) is 34.8 Å². The van der Waals surface area contributed by atoms with Crippen LogP contribution in [0, 0.1) is 13.8 Å². The van der Waals surface area contributed by atoms with E-state index >= 15 is 0 Å². The van der Waals surface area contributed by atoms with Crippen LogP contribution in [0.25, 0.3) is 0 Å². The fourth-order valence-corrected chi connectivity index (χ4v) is 4.44. The molecule has 1 atom stereocenters. The van der Waals surface area contributed by atoms with Gasteiger partial charge in [-0.05, 0) is 38.8 Å². The zero-order chi connectivity index (χ0) is 14.9. The molecule has 0 bridgehead atoms. The molecule has 1 saturated heterocycles. The highest BCUT2D eigenvalue weighted by atomic mass is 32.2. The number of hydrogen-bond donors (Lipinski definition) is 0. The largest absolute Gasteiger partial charge is 0.335 e. The summed E-state index contributed by atoms with van der Waals surface area (Å²) in [4.78, 5) is 14.4. The van der Waals surface area contributed by atoms with Gasteiger partial charge < -0.3 is 4.90 Å². The van der Waals surface area contributed by atoms with Crippen molar-refractivity contribution in [2.24, 2.45) is 0 Å². The Balaban J connectivity index is 2.28. The van der Waals surface area contributed by atoms with Crippen molar-refractivity contribution in [1.82, 2.24) is 4.90 Å². The predicted octanol–water partition coefficient (Wildman–Crippen LogP) is 1.95.